The second kappa shape index (κ2) is 9.13. The fourth-order valence-corrected chi connectivity index (χ4v) is 6.08. The molecule has 4 heterocycles. The molecule has 6 aromatic rings. The summed E-state index contributed by atoms with van der Waals surface area (Å²) in [6, 6.07) is 24.5. The van der Waals surface area contributed by atoms with E-state index < -0.39 is 0 Å². The van der Waals surface area contributed by atoms with Crippen LogP contribution >= 0.6 is 23.1 Å². The molecule has 0 amide bonds. The molecule has 6 rings (SSSR count). The number of nitrogens with zero attached hydrogens (tertiary/aromatic N) is 6. The van der Waals surface area contributed by atoms with E-state index in [4.69, 9.17) is 15.1 Å². The van der Waals surface area contributed by atoms with E-state index in [1.54, 1.807) is 23.1 Å². The molecule has 2 aromatic carbocycles. The fraction of sp³-hybridized carbons (Fsp3) is 0.111. The highest BCUT2D eigenvalue weighted by molar-refractivity contribution is 7.99. The van der Waals surface area contributed by atoms with Crippen LogP contribution in [0.3, 0.4) is 0 Å². The van der Waals surface area contributed by atoms with Gasteiger partial charge < -0.3 is 4.57 Å². The van der Waals surface area contributed by atoms with Crippen molar-refractivity contribution in [3.05, 3.63) is 90.9 Å². The number of thiophene rings is 1. The van der Waals surface area contributed by atoms with Gasteiger partial charge >= 0.3 is 0 Å². The van der Waals surface area contributed by atoms with Gasteiger partial charge in [-0.25, -0.2) is 9.97 Å². The minimum atomic E-state index is 0.731. The average Bonchev–Trinajstić information content (AvgIpc) is 3.63. The molecule has 0 fully saturated rings. The van der Waals surface area contributed by atoms with Crippen molar-refractivity contribution in [2.24, 2.45) is 0 Å². The maximum atomic E-state index is 5.00. The van der Waals surface area contributed by atoms with E-state index in [-0.39, 0.29) is 0 Å². The van der Waals surface area contributed by atoms with Crippen LogP contribution in [0.4, 0.5) is 0 Å². The largest absolute Gasteiger partial charge is 0.322 e. The van der Waals surface area contributed by atoms with Gasteiger partial charge in [0, 0.05) is 23.6 Å². The molecular weight excluding hydrogens is 472 g/mol. The summed E-state index contributed by atoms with van der Waals surface area (Å²) in [7, 11) is 0. The van der Waals surface area contributed by atoms with Gasteiger partial charge in [0.25, 0.3) is 0 Å². The molecule has 0 aliphatic heterocycles. The van der Waals surface area contributed by atoms with E-state index in [1.807, 2.05) is 60.7 Å². The van der Waals surface area contributed by atoms with Gasteiger partial charge in [0.2, 0.25) is 0 Å². The van der Waals surface area contributed by atoms with Crippen LogP contribution in [0.15, 0.2) is 90.3 Å². The molecule has 0 spiro atoms. The zero-order chi connectivity index (χ0) is 23.8. The number of rotatable bonds is 6. The van der Waals surface area contributed by atoms with E-state index >= 15 is 0 Å². The number of thioether (sulfide) groups is 1. The van der Waals surface area contributed by atoms with Gasteiger partial charge in [0.1, 0.15) is 4.83 Å². The third-order valence-corrected chi connectivity index (χ3v) is 7.61. The van der Waals surface area contributed by atoms with Gasteiger partial charge in [0.05, 0.1) is 21.6 Å². The van der Waals surface area contributed by atoms with Crippen molar-refractivity contribution < 1.29 is 0 Å². The van der Waals surface area contributed by atoms with Crippen molar-refractivity contribution in [3.8, 4) is 33.5 Å². The third kappa shape index (κ3) is 3.84. The number of hydrogen-bond acceptors (Lipinski definition) is 6. The zero-order valence-electron chi connectivity index (χ0n) is 19.3. The Labute approximate surface area is 211 Å². The highest BCUT2D eigenvalue weighted by Crippen LogP contribution is 2.43. The van der Waals surface area contributed by atoms with Crippen molar-refractivity contribution in [1.82, 2.24) is 29.3 Å². The molecule has 4 aromatic heterocycles. The molecule has 0 aliphatic carbocycles. The number of aromatic nitrogens is 6. The van der Waals surface area contributed by atoms with Gasteiger partial charge in [0.15, 0.2) is 16.8 Å². The Hall–Kier alpha value is -3.75. The predicted octanol–water partition coefficient (Wildman–Crippen LogP) is 6.82. The van der Waals surface area contributed by atoms with Gasteiger partial charge in [-0.2, -0.15) is 0 Å². The summed E-state index contributed by atoms with van der Waals surface area (Å²) in [6.07, 6.45) is 4.11. The summed E-state index contributed by atoms with van der Waals surface area (Å²) >= 11 is 3.32. The molecule has 0 saturated carbocycles. The van der Waals surface area contributed by atoms with Crippen molar-refractivity contribution in [2.45, 2.75) is 19.0 Å². The topological polar surface area (TPSA) is 61.4 Å². The van der Waals surface area contributed by atoms with Crippen molar-refractivity contribution in [2.75, 3.05) is 5.75 Å². The Morgan fingerprint density at radius 2 is 1.57 bits per heavy atom. The maximum absolute atomic E-state index is 5.00. The van der Waals surface area contributed by atoms with Gasteiger partial charge in [-0.05, 0) is 36.9 Å². The highest BCUT2D eigenvalue weighted by atomic mass is 32.2. The molecule has 0 bridgehead atoms. The molecular formula is C27H22N6S2. The number of hydrogen-bond donors (Lipinski definition) is 0. The van der Waals surface area contributed by atoms with Crippen LogP contribution < -0.4 is 0 Å². The van der Waals surface area contributed by atoms with Crippen LogP contribution in [-0.2, 0) is 0 Å². The van der Waals surface area contributed by atoms with E-state index in [1.165, 1.54) is 0 Å². The second-order valence-electron chi connectivity index (χ2n) is 7.96. The predicted molar refractivity (Wildman–Crippen MR) is 144 cm³/mol. The van der Waals surface area contributed by atoms with Crippen molar-refractivity contribution in [1.29, 1.82) is 0 Å². The summed E-state index contributed by atoms with van der Waals surface area (Å²) in [6.45, 7) is 4.18. The number of para-hydroxylation sites is 1. The van der Waals surface area contributed by atoms with Gasteiger partial charge in [-0.1, -0.05) is 67.2 Å². The molecule has 0 N–H and O–H groups in total. The first-order valence-corrected chi connectivity index (χ1v) is 13.2. The summed E-state index contributed by atoms with van der Waals surface area (Å²) in [5.41, 5.74) is 4.01. The first-order chi connectivity index (χ1) is 17.2. The standard InChI is InChI=1S/C27H22N6S2/c1-3-34-27-31-30-25(33(27)20-14-8-5-9-15-20)23-22(32-16-10-11-17-32)21-18(2)28-24(29-26(21)35-23)19-12-6-4-7-13-19/h4-17H,3H2,1-2H3. The van der Waals surface area contributed by atoms with E-state index in [2.05, 4.69) is 52.6 Å². The molecule has 0 aliphatic rings. The summed E-state index contributed by atoms with van der Waals surface area (Å²) in [5, 5.41) is 11.2. The molecule has 8 heteroatoms. The summed E-state index contributed by atoms with van der Waals surface area (Å²) < 4.78 is 4.27. The molecule has 172 valence electrons. The molecule has 6 nitrogen and oxygen atoms in total. The minimum absolute atomic E-state index is 0.731. The van der Waals surface area contributed by atoms with E-state index in [0.29, 0.717) is 0 Å². The van der Waals surface area contributed by atoms with Gasteiger partial charge in [-0.3, -0.25) is 4.57 Å². The Morgan fingerprint density at radius 1 is 0.857 bits per heavy atom. The van der Waals surface area contributed by atoms with Crippen molar-refractivity contribution in [3.63, 3.8) is 0 Å². The normalized spacial score (nSPS) is 11.4. The lowest BCUT2D eigenvalue weighted by atomic mass is 10.2. The Kier molecular flexibility index (Phi) is 5.67. The van der Waals surface area contributed by atoms with E-state index in [9.17, 15) is 0 Å². The van der Waals surface area contributed by atoms with Crippen LogP contribution in [0.5, 0.6) is 0 Å². The fourth-order valence-electron chi connectivity index (χ4n) is 4.20. The first kappa shape index (κ1) is 21.8. The SMILES string of the molecule is CCSc1nnc(-c2sc3nc(-c4ccccc4)nc(C)c3c2-n2cccc2)n1-c1ccccc1. The van der Waals surface area contributed by atoms with E-state index in [0.717, 1.165) is 60.3 Å². The zero-order valence-corrected chi connectivity index (χ0v) is 20.9. The quantitative estimate of drug-likeness (QED) is 0.238. The molecule has 0 unspecified atom stereocenters. The molecule has 0 atom stereocenters. The van der Waals surface area contributed by atoms with Crippen LogP contribution in [0.2, 0.25) is 0 Å². The smallest absolute Gasteiger partial charge is 0.196 e. The number of benzene rings is 2. The lowest BCUT2D eigenvalue weighted by Gasteiger charge is -2.11. The molecule has 0 saturated heterocycles. The Bertz CT molecular complexity index is 1600. The lowest BCUT2D eigenvalue weighted by molar-refractivity contribution is 0.887. The Balaban J connectivity index is 1.65. The lowest BCUT2D eigenvalue weighted by Crippen LogP contribution is -2.01. The number of fused-ring (bicyclic) bond motifs is 1. The number of aryl methyl sites for hydroxylation is 1. The summed E-state index contributed by atoms with van der Waals surface area (Å²) in [5.74, 6) is 2.45. The highest BCUT2D eigenvalue weighted by Gasteiger charge is 2.25. The minimum Gasteiger partial charge on any atom is -0.322 e. The average molecular weight is 495 g/mol. The maximum Gasteiger partial charge on any atom is 0.196 e. The third-order valence-electron chi connectivity index (χ3n) is 5.73. The molecule has 35 heavy (non-hydrogen) atoms. The monoisotopic (exact) mass is 494 g/mol. The summed E-state index contributed by atoms with van der Waals surface area (Å²) in [4.78, 5) is 11.8. The van der Waals surface area contributed by atoms with Crippen molar-refractivity contribution >= 4 is 33.3 Å². The van der Waals surface area contributed by atoms with Crippen LogP contribution in [-0.4, -0.2) is 35.1 Å². The van der Waals surface area contributed by atoms with Crippen LogP contribution in [0, 0.1) is 6.92 Å². The second-order valence-corrected chi connectivity index (χ2v) is 10.2. The van der Waals surface area contributed by atoms with Crippen LogP contribution in [0.1, 0.15) is 12.6 Å². The first-order valence-electron chi connectivity index (χ1n) is 11.4. The van der Waals surface area contributed by atoms with Crippen LogP contribution in [0.25, 0.3) is 43.7 Å². The molecule has 0 radical (unpaired) electrons. The van der Waals surface area contributed by atoms with Gasteiger partial charge in [-0.15, -0.1) is 21.5 Å². The Morgan fingerprint density at radius 3 is 2.29 bits per heavy atom.